The van der Waals surface area contributed by atoms with Crippen molar-refractivity contribution >= 4 is 12.1 Å². The van der Waals surface area contributed by atoms with E-state index in [9.17, 15) is 9.59 Å². The lowest BCUT2D eigenvalue weighted by Crippen LogP contribution is -2.50. The van der Waals surface area contributed by atoms with Crippen molar-refractivity contribution in [3.8, 4) is 0 Å². The van der Waals surface area contributed by atoms with Gasteiger partial charge in [0.05, 0.1) is 6.54 Å². The SMILES string of the molecule is CC(C)(C)OC(=O)[C@H]1Cc2ccccc2CN1C(=O)OCc1ccccc1. The fourth-order valence-electron chi connectivity index (χ4n) is 3.10. The van der Waals surface area contributed by atoms with Crippen LogP contribution in [-0.4, -0.2) is 28.6 Å². The molecule has 5 heteroatoms. The fraction of sp³-hybridized carbons (Fsp3) is 0.364. The van der Waals surface area contributed by atoms with E-state index in [1.54, 1.807) is 0 Å². The third-order valence-electron chi connectivity index (χ3n) is 4.37. The van der Waals surface area contributed by atoms with Crippen molar-refractivity contribution in [2.45, 2.75) is 52.0 Å². The number of carbonyl (C=O) groups excluding carboxylic acids is 2. The van der Waals surface area contributed by atoms with Gasteiger partial charge in [-0.05, 0) is 37.5 Å². The number of amides is 1. The van der Waals surface area contributed by atoms with Crippen molar-refractivity contribution in [1.82, 2.24) is 4.90 Å². The molecule has 2 aromatic rings. The van der Waals surface area contributed by atoms with Gasteiger partial charge < -0.3 is 9.47 Å². The van der Waals surface area contributed by atoms with Crippen LogP contribution in [0.25, 0.3) is 0 Å². The van der Waals surface area contributed by atoms with Crippen molar-refractivity contribution in [2.24, 2.45) is 0 Å². The minimum atomic E-state index is -0.692. The third-order valence-corrected chi connectivity index (χ3v) is 4.37. The Morgan fingerprint density at radius 3 is 2.30 bits per heavy atom. The van der Waals surface area contributed by atoms with Gasteiger partial charge in [-0.2, -0.15) is 0 Å². The van der Waals surface area contributed by atoms with Gasteiger partial charge >= 0.3 is 12.1 Å². The molecule has 0 aliphatic carbocycles. The molecule has 0 saturated heterocycles. The van der Waals surface area contributed by atoms with Crippen LogP contribution in [0.15, 0.2) is 54.6 Å². The molecule has 142 valence electrons. The molecule has 3 rings (SSSR count). The molecule has 2 aromatic carbocycles. The first-order valence-electron chi connectivity index (χ1n) is 9.10. The normalized spacial score (nSPS) is 16.4. The molecular formula is C22H25NO4. The summed E-state index contributed by atoms with van der Waals surface area (Å²) in [7, 11) is 0. The van der Waals surface area contributed by atoms with Gasteiger partial charge in [0.25, 0.3) is 0 Å². The van der Waals surface area contributed by atoms with Gasteiger partial charge in [-0.25, -0.2) is 9.59 Å². The van der Waals surface area contributed by atoms with E-state index in [0.29, 0.717) is 13.0 Å². The average molecular weight is 367 g/mol. The van der Waals surface area contributed by atoms with Crippen LogP contribution < -0.4 is 0 Å². The molecule has 0 radical (unpaired) electrons. The summed E-state index contributed by atoms with van der Waals surface area (Å²) in [4.78, 5) is 27.0. The van der Waals surface area contributed by atoms with Crippen molar-refractivity contribution < 1.29 is 19.1 Å². The molecule has 0 bridgehead atoms. The Kier molecular flexibility index (Phi) is 5.49. The van der Waals surface area contributed by atoms with E-state index in [2.05, 4.69) is 0 Å². The molecule has 0 N–H and O–H groups in total. The van der Waals surface area contributed by atoms with Crippen molar-refractivity contribution in [3.05, 3.63) is 71.3 Å². The summed E-state index contributed by atoms with van der Waals surface area (Å²) >= 11 is 0. The Balaban J connectivity index is 1.78. The van der Waals surface area contributed by atoms with Gasteiger partial charge in [-0.1, -0.05) is 54.6 Å². The van der Waals surface area contributed by atoms with Gasteiger partial charge in [0.2, 0.25) is 0 Å². The standard InChI is InChI=1S/C22H25NO4/c1-22(2,3)27-20(24)19-13-17-11-7-8-12-18(17)14-23(19)21(25)26-15-16-9-5-4-6-10-16/h4-12,19H,13-15H2,1-3H3/t19-/m1/s1. The molecule has 5 nitrogen and oxygen atoms in total. The molecule has 1 amide bonds. The van der Waals surface area contributed by atoms with Crippen LogP contribution in [0.4, 0.5) is 4.79 Å². The second-order valence-electron chi connectivity index (χ2n) is 7.69. The maximum atomic E-state index is 12.8. The molecule has 1 heterocycles. The van der Waals surface area contributed by atoms with E-state index >= 15 is 0 Å². The topological polar surface area (TPSA) is 55.8 Å². The summed E-state index contributed by atoms with van der Waals surface area (Å²) in [6, 6.07) is 16.6. The van der Waals surface area contributed by atoms with Crippen LogP contribution in [0.2, 0.25) is 0 Å². The zero-order chi connectivity index (χ0) is 19.4. The van der Waals surface area contributed by atoms with E-state index in [0.717, 1.165) is 16.7 Å². The molecule has 0 fully saturated rings. The Labute approximate surface area is 159 Å². The molecule has 1 atom stereocenters. The number of ether oxygens (including phenoxy) is 2. The first kappa shape index (κ1) is 19.0. The molecule has 0 aromatic heterocycles. The largest absolute Gasteiger partial charge is 0.458 e. The van der Waals surface area contributed by atoms with Crippen LogP contribution in [0.1, 0.15) is 37.5 Å². The molecule has 0 saturated carbocycles. The lowest BCUT2D eigenvalue weighted by atomic mass is 9.94. The van der Waals surface area contributed by atoms with Crippen LogP contribution >= 0.6 is 0 Å². The number of hydrogen-bond acceptors (Lipinski definition) is 4. The smallest absolute Gasteiger partial charge is 0.411 e. The third kappa shape index (κ3) is 4.88. The summed E-state index contributed by atoms with van der Waals surface area (Å²) in [5.74, 6) is -0.409. The first-order valence-corrected chi connectivity index (χ1v) is 9.10. The van der Waals surface area contributed by atoms with E-state index in [1.165, 1.54) is 4.90 Å². The summed E-state index contributed by atoms with van der Waals surface area (Å²) < 4.78 is 11.0. The highest BCUT2D eigenvalue weighted by atomic mass is 16.6. The van der Waals surface area contributed by atoms with Crippen molar-refractivity contribution in [3.63, 3.8) is 0 Å². The highest BCUT2D eigenvalue weighted by Gasteiger charge is 2.38. The highest BCUT2D eigenvalue weighted by molar-refractivity contribution is 5.82. The van der Waals surface area contributed by atoms with Gasteiger partial charge in [0.15, 0.2) is 0 Å². The van der Waals surface area contributed by atoms with Crippen molar-refractivity contribution in [1.29, 1.82) is 0 Å². The van der Waals surface area contributed by atoms with Gasteiger partial charge in [0.1, 0.15) is 18.2 Å². The highest BCUT2D eigenvalue weighted by Crippen LogP contribution is 2.26. The predicted octanol–water partition coefficient (Wildman–Crippen LogP) is 4.09. The monoisotopic (exact) mass is 367 g/mol. The molecule has 1 aliphatic rings. The number of rotatable bonds is 3. The maximum absolute atomic E-state index is 12.8. The minimum absolute atomic E-state index is 0.166. The predicted molar refractivity (Wildman–Crippen MR) is 102 cm³/mol. The second kappa shape index (κ2) is 7.82. The Morgan fingerprint density at radius 1 is 1.00 bits per heavy atom. The number of esters is 1. The summed E-state index contributed by atoms with van der Waals surface area (Å²) in [5, 5.41) is 0. The number of nitrogens with zero attached hydrogens (tertiary/aromatic N) is 1. The zero-order valence-electron chi connectivity index (χ0n) is 16.0. The number of carbonyl (C=O) groups is 2. The van der Waals surface area contributed by atoms with Crippen LogP contribution in [0.3, 0.4) is 0 Å². The average Bonchev–Trinajstić information content (AvgIpc) is 2.64. The zero-order valence-corrected chi connectivity index (χ0v) is 16.0. The lowest BCUT2D eigenvalue weighted by Gasteiger charge is -2.36. The molecule has 0 unspecified atom stereocenters. The minimum Gasteiger partial charge on any atom is -0.458 e. The number of fused-ring (bicyclic) bond motifs is 1. The number of benzene rings is 2. The lowest BCUT2D eigenvalue weighted by molar-refractivity contribution is -0.161. The van der Waals surface area contributed by atoms with E-state index in [1.807, 2.05) is 75.4 Å². The fourth-order valence-corrected chi connectivity index (χ4v) is 3.10. The Bertz CT molecular complexity index is 811. The van der Waals surface area contributed by atoms with Crippen LogP contribution in [-0.2, 0) is 33.8 Å². The quantitative estimate of drug-likeness (QED) is 0.767. The van der Waals surface area contributed by atoms with Crippen LogP contribution in [0.5, 0.6) is 0 Å². The molecule has 0 spiro atoms. The molecular weight excluding hydrogens is 342 g/mol. The van der Waals surface area contributed by atoms with Crippen LogP contribution in [0, 0.1) is 0 Å². The maximum Gasteiger partial charge on any atom is 0.411 e. The summed E-state index contributed by atoms with van der Waals surface area (Å²) in [6.07, 6.45) is -0.0878. The molecule has 1 aliphatic heterocycles. The van der Waals surface area contributed by atoms with E-state index in [4.69, 9.17) is 9.47 Å². The Morgan fingerprint density at radius 2 is 1.63 bits per heavy atom. The second-order valence-corrected chi connectivity index (χ2v) is 7.69. The molecule has 27 heavy (non-hydrogen) atoms. The Hall–Kier alpha value is -2.82. The van der Waals surface area contributed by atoms with E-state index in [-0.39, 0.29) is 6.61 Å². The summed E-state index contributed by atoms with van der Waals surface area (Å²) in [6.45, 7) is 5.95. The van der Waals surface area contributed by atoms with Gasteiger partial charge in [-0.15, -0.1) is 0 Å². The first-order chi connectivity index (χ1) is 12.8. The van der Waals surface area contributed by atoms with Crippen molar-refractivity contribution in [2.75, 3.05) is 0 Å². The van der Waals surface area contributed by atoms with E-state index < -0.39 is 23.7 Å². The van der Waals surface area contributed by atoms with Gasteiger partial charge in [-0.3, -0.25) is 4.90 Å². The number of hydrogen-bond donors (Lipinski definition) is 0. The summed E-state index contributed by atoms with van der Waals surface area (Å²) in [5.41, 5.74) is 2.36. The van der Waals surface area contributed by atoms with Gasteiger partial charge in [0, 0.05) is 6.42 Å².